The highest BCUT2D eigenvalue weighted by molar-refractivity contribution is 5.65. The molecule has 148 valence electrons. The first-order valence-electron chi connectivity index (χ1n) is 9.26. The number of nitrogens with two attached hydrogens (primary N) is 2. The van der Waals surface area contributed by atoms with Gasteiger partial charge in [-0.3, -0.25) is 0 Å². The second kappa shape index (κ2) is 7.94. The third kappa shape index (κ3) is 3.43. The van der Waals surface area contributed by atoms with Crippen molar-refractivity contribution in [1.29, 1.82) is 0 Å². The highest BCUT2D eigenvalue weighted by Crippen LogP contribution is 2.39. The minimum absolute atomic E-state index is 0.248. The van der Waals surface area contributed by atoms with Crippen LogP contribution in [0.5, 0.6) is 0 Å². The second-order valence-electron chi connectivity index (χ2n) is 7.22. The number of likely N-dealkylation sites (N-methyl/N-ethyl adjacent to an activating group) is 1. The largest absolute Gasteiger partial charge is 0.403 e. The molecular formula is C22H28FN5. The lowest BCUT2D eigenvalue weighted by Gasteiger charge is -2.28. The van der Waals surface area contributed by atoms with Gasteiger partial charge in [0, 0.05) is 43.3 Å². The summed E-state index contributed by atoms with van der Waals surface area (Å²) in [6, 6.07) is 11.6. The molecule has 0 aliphatic carbocycles. The van der Waals surface area contributed by atoms with Gasteiger partial charge in [-0.1, -0.05) is 30.3 Å². The number of aryl methyl sites for hydroxylation is 1. The second-order valence-corrected chi connectivity index (χ2v) is 7.22. The summed E-state index contributed by atoms with van der Waals surface area (Å²) in [5.74, 6) is 5.30. The molecule has 1 atom stereocenters. The van der Waals surface area contributed by atoms with E-state index in [2.05, 4.69) is 36.2 Å². The first-order chi connectivity index (χ1) is 13.4. The summed E-state index contributed by atoms with van der Waals surface area (Å²) in [5.41, 5.74) is 11.6. The van der Waals surface area contributed by atoms with Crippen LogP contribution in [0.1, 0.15) is 33.7 Å². The molecule has 0 fully saturated rings. The average molecular weight is 381 g/mol. The van der Waals surface area contributed by atoms with Crippen molar-refractivity contribution in [3.63, 3.8) is 0 Å². The van der Waals surface area contributed by atoms with Gasteiger partial charge in [0.2, 0.25) is 0 Å². The van der Waals surface area contributed by atoms with Crippen molar-refractivity contribution in [2.45, 2.75) is 19.8 Å². The summed E-state index contributed by atoms with van der Waals surface area (Å²) in [7, 11) is 3.65. The first-order valence-corrected chi connectivity index (χ1v) is 9.26. The third-order valence-electron chi connectivity index (χ3n) is 5.43. The summed E-state index contributed by atoms with van der Waals surface area (Å²) < 4.78 is 15.8. The molecule has 1 aliphatic rings. The van der Waals surface area contributed by atoms with Gasteiger partial charge in [0.05, 0.1) is 18.3 Å². The van der Waals surface area contributed by atoms with Gasteiger partial charge in [0.25, 0.3) is 0 Å². The average Bonchev–Trinajstić information content (AvgIpc) is 3.07. The van der Waals surface area contributed by atoms with Gasteiger partial charge in [-0.15, -0.1) is 0 Å². The van der Waals surface area contributed by atoms with Gasteiger partial charge in [-0.2, -0.15) is 0 Å². The molecule has 2 aromatic rings. The zero-order chi connectivity index (χ0) is 20.4. The summed E-state index contributed by atoms with van der Waals surface area (Å²) in [6.07, 6.45) is 3.30. The van der Waals surface area contributed by atoms with Crippen LogP contribution < -0.4 is 16.9 Å². The number of hydrogen-bond acceptors (Lipinski definition) is 5. The lowest BCUT2D eigenvalue weighted by molar-refractivity contribution is 0.418. The Bertz CT molecular complexity index is 933. The number of nitrogens with zero attached hydrogens (tertiary/aromatic N) is 2. The van der Waals surface area contributed by atoms with Crippen LogP contribution in [0.3, 0.4) is 0 Å². The van der Waals surface area contributed by atoms with Crippen LogP contribution in [0.25, 0.3) is 5.70 Å². The molecule has 0 spiro atoms. The fourth-order valence-electron chi connectivity index (χ4n) is 3.73. The molecule has 0 saturated heterocycles. The van der Waals surface area contributed by atoms with Crippen molar-refractivity contribution in [2.75, 3.05) is 20.8 Å². The van der Waals surface area contributed by atoms with E-state index in [1.165, 1.54) is 16.8 Å². The fourth-order valence-corrected chi connectivity index (χ4v) is 3.73. The summed E-state index contributed by atoms with van der Waals surface area (Å²) >= 11 is 0. The Hall–Kier alpha value is -2.99. The maximum Gasteiger partial charge on any atom is 0.136 e. The molecule has 5 N–H and O–H groups in total. The summed E-state index contributed by atoms with van der Waals surface area (Å²) in [6.45, 7) is 4.85. The number of halogens is 1. The SMILES string of the molecule is Cc1cccc(C(C2=CNCN2C)c2cccc(/C(=C/N)N(C)N)c2F)c1C. The number of hydrogen-bond donors (Lipinski definition) is 3. The van der Waals surface area contributed by atoms with Crippen molar-refractivity contribution in [2.24, 2.45) is 11.6 Å². The Morgan fingerprint density at radius 2 is 1.89 bits per heavy atom. The van der Waals surface area contributed by atoms with Crippen molar-refractivity contribution >= 4 is 5.70 Å². The van der Waals surface area contributed by atoms with E-state index in [1.54, 1.807) is 13.1 Å². The maximum absolute atomic E-state index is 15.8. The number of nitrogens with one attached hydrogen (secondary N) is 1. The molecule has 0 aromatic heterocycles. The predicted octanol–water partition coefficient (Wildman–Crippen LogP) is 2.97. The molecule has 5 nitrogen and oxygen atoms in total. The normalized spacial score (nSPS) is 15.3. The van der Waals surface area contributed by atoms with Crippen LogP contribution in [0.4, 0.5) is 4.39 Å². The fraction of sp³-hybridized carbons (Fsp3) is 0.273. The smallest absolute Gasteiger partial charge is 0.136 e. The Balaban J connectivity index is 2.24. The standard InChI is InChI=1S/C22H28FN5/c1-14-7-5-8-16(15(14)2)21(20-12-26-13-27(20)3)18-10-6-9-17(22(18)23)19(11-24)28(4)25/h5-12,21,26H,13,24-25H2,1-4H3/b19-11-. The van der Waals surface area contributed by atoms with Gasteiger partial charge >= 0.3 is 0 Å². The van der Waals surface area contributed by atoms with Crippen molar-refractivity contribution < 1.29 is 4.39 Å². The zero-order valence-electron chi connectivity index (χ0n) is 16.8. The molecule has 0 amide bonds. The summed E-state index contributed by atoms with van der Waals surface area (Å²) in [5, 5.41) is 4.58. The van der Waals surface area contributed by atoms with Gasteiger partial charge in [0.1, 0.15) is 5.82 Å². The lowest BCUT2D eigenvalue weighted by atomic mass is 9.83. The van der Waals surface area contributed by atoms with Crippen LogP contribution in [-0.4, -0.2) is 30.7 Å². The third-order valence-corrected chi connectivity index (χ3v) is 5.43. The van der Waals surface area contributed by atoms with E-state index >= 15 is 4.39 Å². The van der Waals surface area contributed by atoms with Crippen LogP contribution in [0.15, 0.2) is 54.5 Å². The van der Waals surface area contributed by atoms with E-state index in [0.717, 1.165) is 16.8 Å². The Morgan fingerprint density at radius 3 is 2.50 bits per heavy atom. The molecule has 3 rings (SSSR count). The monoisotopic (exact) mass is 381 g/mol. The van der Waals surface area contributed by atoms with E-state index in [1.807, 2.05) is 31.4 Å². The number of benzene rings is 2. The summed E-state index contributed by atoms with van der Waals surface area (Å²) in [4.78, 5) is 2.10. The van der Waals surface area contributed by atoms with Crippen molar-refractivity contribution in [1.82, 2.24) is 15.2 Å². The molecular weight excluding hydrogens is 353 g/mol. The van der Waals surface area contributed by atoms with E-state index < -0.39 is 0 Å². The van der Waals surface area contributed by atoms with Gasteiger partial charge in [0.15, 0.2) is 0 Å². The first kappa shape index (κ1) is 19.8. The van der Waals surface area contributed by atoms with E-state index in [4.69, 9.17) is 11.6 Å². The van der Waals surface area contributed by atoms with Crippen LogP contribution in [0, 0.1) is 19.7 Å². The number of allylic oxidation sites excluding steroid dienone is 1. The Morgan fingerprint density at radius 1 is 1.21 bits per heavy atom. The van der Waals surface area contributed by atoms with Gasteiger partial charge < -0.3 is 21.0 Å². The molecule has 6 heteroatoms. The molecule has 0 saturated carbocycles. The quantitative estimate of drug-likeness (QED) is 0.549. The minimum Gasteiger partial charge on any atom is -0.403 e. The molecule has 1 heterocycles. The Kier molecular flexibility index (Phi) is 5.61. The highest BCUT2D eigenvalue weighted by Gasteiger charge is 2.29. The van der Waals surface area contributed by atoms with Crippen LogP contribution in [0.2, 0.25) is 0 Å². The van der Waals surface area contributed by atoms with Crippen molar-refractivity contribution in [3.8, 4) is 0 Å². The van der Waals surface area contributed by atoms with Crippen LogP contribution in [-0.2, 0) is 0 Å². The molecule has 1 aliphatic heterocycles. The van der Waals surface area contributed by atoms with Gasteiger partial charge in [-0.05, 0) is 36.6 Å². The Labute approximate surface area is 166 Å². The predicted molar refractivity (Wildman–Crippen MR) is 112 cm³/mol. The minimum atomic E-state index is -0.316. The molecule has 1 unspecified atom stereocenters. The van der Waals surface area contributed by atoms with E-state index in [0.29, 0.717) is 23.5 Å². The highest BCUT2D eigenvalue weighted by atomic mass is 19.1. The zero-order valence-corrected chi connectivity index (χ0v) is 16.8. The molecule has 0 bridgehead atoms. The van der Waals surface area contributed by atoms with Crippen LogP contribution >= 0.6 is 0 Å². The van der Waals surface area contributed by atoms with Gasteiger partial charge in [-0.25, -0.2) is 10.2 Å². The van der Waals surface area contributed by atoms with E-state index in [9.17, 15) is 0 Å². The number of rotatable bonds is 5. The van der Waals surface area contributed by atoms with E-state index in [-0.39, 0.29) is 11.7 Å². The molecule has 2 aromatic carbocycles. The maximum atomic E-state index is 15.8. The topological polar surface area (TPSA) is 70.5 Å². The lowest BCUT2D eigenvalue weighted by Crippen LogP contribution is -2.26. The number of hydrazine groups is 1. The molecule has 28 heavy (non-hydrogen) atoms. The molecule has 0 radical (unpaired) electrons. The van der Waals surface area contributed by atoms with Crippen molar-refractivity contribution in [3.05, 3.63) is 88.1 Å².